The second kappa shape index (κ2) is 10.6. The quantitative estimate of drug-likeness (QED) is 0.555. The summed E-state index contributed by atoms with van der Waals surface area (Å²) >= 11 is 0. The maximum atomic E-state index is 12.8. The van der Waals surface area contributed by atoms with Crippen LogP contribution in [0.2, 0.25) is 0 Å². The van der Waals surface area contributed by atoms with E-state index >= 15 is 0 Å². The van der Waals surface area contributed by atoms with Gasteiger partial charge in [0, 0.05) is 61.9 Å². The molecule has 1 fully saturated rings. The Morgan fingerprint density at radius 1 is 0.824 bits per heavy atom. The molecule has 0 aliphatic carbocycles. The van der Waals surface area contributed by atoms with E-state index in [0.717, 1.165) is 48.8 Å². The Kier molecular flexibility index (Phi) is 7.33. The Hall–Kier alpha value is -3.58. The number of carbonyl (C=O) groups excluding carboxylic acids is 2. The van der Waals surface area contributed by atoms with Gasteiger partial charge in [0.2, 0.25) is 5.91 Å². The molecule has 0 radical (unpaired) electrons. The lowest BCUT2D eigenvalue weighted by atomic mass is 10.2. The first-order valence-corrected chi connectivity index (χ1v) is 11.8. The number of carbonyl (C=O) groups is 2. The molecule has 0 bridgehead atoms. The Labute approximate surface area is 201 Å². The third-order valence-corrected chi connectivity index (χ3v) is 6.40. The zero-order valence-electron chi connectivity index (χ0n) is 20.2. The van der Waals surface area contributed by atoms with Gasteiger partial charge in [-0.05, 0) is 56.7 Å². The standard InChI is InChI=1S/C27H33N5O2/c1-20-8-7-11-24(18-20)32-21(2)19-25(22(32)3)27(34)29-28-26(33)12-13-30-14-16-31(17-15-30)23-9-5-4-6-10-23/h4-11,18-19H,12-17H2,1-3H3,(H,28,33)(H,29,34). The van der Waals surface area contributed by atoms with Gasteiger partial charge in [0.15, 0.2) is 0 Å². The van der Waals surface area contributed by atoms with Gasteiger partial charge in [0.05, 0.1) is 5.56 Å². The van der Waals surface area contributed by atoms with Crippen LogP contribution in [0.5, 0.6) is 0 Å². The van der Waals surface area contributed by atoms with Crippen molar-refractivity contribution in [1.29, 1.82) is 0 Å². The molecule has 178 valence electrons. The van der Waals surface area contributed by atoms with Crippen molar-refractivity contribution in [3.8, 4) is 5.69 Å². The van der Waals surface area contributed by atoms with Gasteiger partial charge in [0.25, 0.3) is 5.91 Å². The summed E-state index contributed by atoms with van der Waals surface area (Å²) in [7, 11) is 0. The lowest BCUT2D eigenvalue weighted by molar-refractivity contribution is -0.122. The van der Waals surface area contributed by atoms with Crippen LogP contribution >= 0.6 is 0 Å². The SMILES string of the molecule is Cc1cccc(-n2c(C)cc(C(=O)NNC(=O)CCN3CCN(c4ccccc4)CC3)c2C)c1. The predicted molar refractivity (Wildman–Crippen MR) is 135 cm³/mol. The van der Waals surface area contributed by atoms with Crippen molar-refractivity contribution in [2.24, 2.45) is 0 Å². The van der Waals surface area contributed by atoms with Gasteiger partial charge < -0.3 is 9.47 Å². The number of hydrogen-bond acceptors (Lipinski definition) is 4. The molecule has 3 aromatic rings. The van der Waals surface area contributed by atoms with Crippen LogP contribution in [0.4, 0.5) is 5.69 Å². The molecule has 2 amide bonds. The van der Waals surface area contributed by atoms with E-state index in [4.69, 9.17) is 0 Å². The van der Waals surface area contributed by atoms with E-state index in [1.54, 1.807) is 0 Å². The van der Waals surface area contributed by atoms with Gasteiger partial charge in [-0.1, -0.05) is 30.3 Å². The predicted octanol–water partition coefficient (Wildman–Crippen LogP) is 3.38. The zero-order chi connectivity index (χ0) is 24.1. The fourth-order valence-corrected chi connectivity index (χ4v) is 4.54. The lowest BCUT2D eigenvalue weighted by Gasteiger charge is -2.36. The van der Waals surface area contributed by atoms with E-state index in [-0.39, 0.29) is 11.8 Å². The van der Waals surface area contributed by atoms with E-state index in [1.807, 2.05) is 51.1 Å². The van der Waals surface area contributed by atoms with E-state index in [0.29, 0.717) is 18.5 Å². The van der Waals surface area contributed by atoms with Crippen LogP contribution in [0, 0.1) is 20.8 Å². The molecular weight excluding hydrogens is 426 g/mol. The fraction of sp³-hybridized carbons (Fsp3) is 0.333. The number of para-hydroxylation sites is 1. The van der Waals surface area contributed by atoms with Gasteiger partial charge in [-0.15, -0.1) is 0 Å². The summed E-state index contributed by atoms with van der Waals surface area (Å²) in [6.07, 6.45) is 0.341. The molecule has 0 unspecified atom stereocenters. The van der Waals surface area contributed by atoms with Crippen molar-refractivity contribution in [3.05, 3.63) is 83.2 Å². The highest BCUT2D eigenvalue weighted by molar-refractivity contribution is 5.97. The smallest absolute Gasteiger partial charge is 0.271 e. The summed E-state index contributed by atoms with van der Waals surface area (Å²) in [5.41, 5.74) is 10.9. The van der Waals surface area contributed by atoms with Crippen molar-refractivity contribution in [3.63, 3.8) is 0 Å². The molecule has 0 saturated carbocycles. The first-order chi connectivity index (χ1) is 16.4. The van der Waals surface area contributed by atoms with Crippen LogP contribution in [0.1, 0.15) is 33.7 Å². The molecule has 1 aromatic heterocycles. The molecule has 4 rings (SSSR count). The molecule has 7 heteroatoms. The van der Waals surface area contributed by atoms with Crippen molar-refractivity contribution < 1.29 is 9.59 Å². The number of nitrogens with one attached hydrogen (secondary N) is 2. The number of anilines is 1. The normalized spacial score (nSPS) is 14.1. The summed E-state index contributed by atoms with van der Waals surface area (Å²) in [5, 5.41) is 0. The second-order valence-electron chi connectivity index (χ2n) is 8.88. The topological polar surface area (TPSA) is 69.6 Å². The van der Waals surface area contributed by atoms with Crippen LogP contribution in [0.25, 0.3) is 5.69 Å². The van der Waals surface area contributed by atoms with E-state index in [9.17, 15) is 9.59 Å². The van der Waals surface area contributed by atoms with E-state index < -0.39 is 0 Å². The first-order valence-electron chi connectivity index (χ1n) is 11.8. The molecule has 0 spiro atoms. The van der Waals surface area contributed by atoms with E-state index in [2.05, 4.69) is 55.6 Å². The second-order valence-corrected chi connectivity index (χ2v) is 8.88. The number of aryl methyl sites for hydroxylation is 2. The molecule has 2 aromatic carbocycles. The Bertz CT molecular complexity index is 1150. The van der Waals surface area contributed by atoms with Crippen molar-refractivity contribution >= 4 is 17.5 Å². The molecule has 1 aliphatic rings. The monoisotopic (exact) mass is 459 g/mol. The van der Waals surface area contributed by atoms with Gasteiger partial charge >= 0.3 is 0 Å². The minimum absolute atomic E-state index is 0.189. The molecule has 0 atom stereocenters. The molecule has 34 heavy (non-hydrogen) atoms. The number of aromatic nitrogens is 1. The number of benzene rings is 2. The molecule has 2 N–H and O–H groups in total. The first kappa shape index (κ1) is 23.6. The van der Waals surface area contributed by atoms with Crippen LogP contribution in [-0.2, 0) is 4.79 Å². The number of amides is 2. The molecule has 2 heterocycles. The highest BCUT2D eigenvalue weighted by atomic mass is 16.2. The van der Waals surface area contributed by atoms with Crippen LogP contribution < -0.4 is 15.8 Å². The largest absolute Gasteiger partial charge is 0.369 e. The fourth-order valence-electron chi connectivity index (χ4n) is 4.54. The Morgan fingerprint density at radius 3 is 2.24 bits per heavy atom. The summed E-state index contributed by atoms with van der Waals surface area (Å²) in [5.74, 6) is -0.497. The van der Waals surface area contributed by atoms with Gasteiger partial charge in [-0.25, -0.2) is 0 Å². The molecule has 1 saturated heterocycles. The Morgan fingerprint density at radius 2 is 1.53 bits per heavy atom. The number of piperazine rings is 1. The summed E-state index contributed by atoms with van der Waals surface area (Å²) in [6.45, 7) is 10.3. The lowest BCUT2D eigenvalue weighted by Crippen LogP contribution is -2.48. The average molecular weight is 460 g/mol. The summed E-state index contributed by atoms with van der Waals surface area (Å²) < 4.78 is 2.05. The third kappa shape index (κ3) is 5.48. The maximum Gasteiger partial charge on any atom is 0.271 e. The highest BCUT2D eigenvalue weighted by Gasteiger charge is 2.19. The number of nitrogens with zero attached hydrogens (tertiary/aromatic N) is 3. The molecule has 1 aliphatic heterocycles. The number of hydrogen-bond donors (Lipinski definition) is 2. The Balaban J connectivity index is 1.25. The minimum atomic E-state index is -0.308. The highest BCUT2D eigenvalue weighted by Crippen LogP contribution is 2.21. The number of hydrazine groups is 1. The van der Waals surface area contributed by atoms with Gasteiger partial charge in [0.1, 0.15) is 0 Å². The molecule has 7 nitrogen and oxygen atoms in total. The van der Waals surface area contributed by atoms with Crippen LogP contribution in [0.3, 0.4) is 0 Å². The van der Waals surface area contributed by atoms with Crippen molar-refractivity contribution in [1.82, 2.24) is 20.3 Å². The van der Waals surface area contributed by atoms with Crippen LogP contribution in [0.15, 0.2) is 60.7 Å². The van der Waals surface area contributed by atoms with Crippen molar-refractivity contribution in [2.45, 2.75) is 27.2 Å². The van der Waals surface area contributed by atoms with Gasteiger partial charge in [-0.2, -0.15) is 0 Å². The third-order valence-electron chi connectivity index (χ3n) is 6.40. The van der Waals surface area contributed by atoms with Crippen molar-refractivity contribution in [2.75, 3.05) is 37.6 Å². The average Bonchev–Trinajstić information content (AvgIpc) is 3.15. The summed E-state index contributed by atoms with van der Waals surface area (Å²) in [4.78, 5) is 29.8. The van der Waals surface area contributed by atoms with E-state index in [1.165, 1.54) is 5.69 Å². The molecular formula is C27H33N5O2. The van der Waals surface area contributed by atoms with Crippen LogP contribution in [-0.4, -0.2) is 54.0 Å². The van der Waals surface area contributed by atoms with Gasteiger partial charge in [-0.3, -0.25) is 25.3 Å². The minimum Gasteiger partial charge on any atom is -0.369 e. The number of rotatable bonds is 6. The summed E-state index contributed by atoms with van der Waals surface area (Å²) in [6, 6.07) is 20.4. The maximum absolute atomic E-state index is 12.8. The zero-order valence-corrected chi connectivity index (χ0v) is 20.2.